The van der Waals surface area contributed by atoms with Gasteiger partial charge in [-0.1, -0.05) is 23.0 Å². The molecular weight excluding hydrogens is 274 g/mol. The zero-order valence-corrected chi connectivity index (χ0v) is 12.7. The lowest BCUT2D eigenvalue weighted by molar-refractivity contribution is 0.0962. The molecule has 0 aromatic carbocycles. The molecule has 2 heterocycles. The molecule has 0 bridgehead atoms. The number of anilines is 2. The second-order valence-electron chi connectivity index (χ2n) is 5.20. The summed E-state index contributed by atoms with van der Waals surface area (Å²) < 4.78 is 0. The monoisotopic (exact) mass is 295 g/mol. The van der Waals surface area contributed by atoms with Gasteiger partial charge in [-0.25, -0.2) is 4.98 Å². The van der Waals surface area contributed by atoms with Crippen molar-refractivity contribution in [2.24, 2.45) is 5.73 Å². The number of nitrogen functional groups attached to an aromatic ring is 1. The van der Waals surface area contributed by atoms with Crippen molar-refractivity contribution in [2.45, 2.75) is 26.3 Å². The van der Waals surface area contributed by atoms with Crippen molar-refractivity contribution in [1.29, 1.82) is 0 Å². The van der Waals surface area contributed by atoms with E-state index in [1.165, 1.54) is 11.3 Å². The van der Waals surface area contributed by atoms with E-state index in [4.69, 9.17) is 11.5 Å². The molecule has 1 saturated heterocycles. The summed E-state index contributed by atoms with van der Waals surface area (Å²) in [4.78, 5) is 18.9. The maximum atomic E-state index is 12.0. The number of aromatic nitrogens is 1. The first-order chi connectivity index (χ1) is 9.47. The van der Waals surface area contributed by atoms with Crippen LogP contribution < -0.4 is 21.7 Å². The Morgan fingerprint density at radius 3 is 2.95 bits per heavy atom. The molecule has 1 aliphatic heterocycles. The Balaban J connectivity index is 2.03. The van der Waals surface area contributed by atoms with Gasteiger partial charge < -0.3 is 21.7 Å². The van der Waals surface area contributed by atoms with E-state index in [0.717, 1.165) is 30.2 Å². The van der Waals surface area contributed by atoms with Crippen molar-refractivity contribution >= 4 is 28.2 Å². The van der Waals surface area contributed by atoms with Crippen molar-refractivity contribution in [3.05, 3.63) is 16.5 Å². The Bertz CT molecular complexity index is 521. The molecule has 1 aromatic rings. The number of carbonyl (C=O) groups excluding carboxylic acids is 1. The van der Waals surface area contributed by atoms with Crippen molar-refractivity contribution in [2.75, 3.05) is 30.3 Å². The number of amides is 1. The number of allylic oxidation sites excluding steroid dienone is 1. The summed E-state index contributed by atoms with van der Waals surface area (Å²) in [6.45, 7) is 6.12. The maximum absolute atomic E-state index is 12.0. The van der Waals surface area contributed by atoms with E-state index >= 15 is 0 Å². The quantitative estimate of drug-likeness (QED) is 0.719. The van der Waals surface area contributed by atoms with Gasteiger partial charge in [0.25, 0.3) is 5.91 Å². The second-order valence-corrected chi connectivity index (χ2v) is 6.17. The van der Waals surface area contributed by atoms with Gasteiger partial charge in [-0.3, -0.25) is 4.79 Å². The SMILES string of the molecule is CC(C)=CCNC(=O)c1sc(N2CCC(N)C2)nc1N. The Hall–Kier alpha value is -1.60. The van der Waals surface area contributed by atoms with Crippen LogP contribution in [0.15, 0.2) is 11.6 Å². The fraction of sp³-hybridized carbons (Fsp3) is 0.538. The number of carbonyl (C=O) groups is 1. The molecule has 0 aliphatic carbocycles. The molecule has 1 fully saturated rings. The fourth-order valence-electron chi connectivity index (χ4n) is 2.01. The summed E-state index contributed by atoms with van der Waals surface area (Å²) in [6, 6.07) is 0.176. The zero-order chi connectivity index (χ0) is 14.7. The van der Waals surface area contributed by atoms with Crippen LogP contribution >= 0.6 is 11.3 Å². The number of nitrogens with one attached hydrogen (secondary N) is 1. The molecule has 20 heavy (non-hydrogen) atoms. The molecule has 1 aliphatic rings. The predicted molar refractivity (Wildman–Crippen MR) is 83.1 cm³/mol. The molecule has 7 heteroatoms. The van der Waals surface area contributed by atoms with E-state index in [2.05, 4.69) is 15.2 Å². The van der Waals surface area contributed by atoms with Crippen LogP contribution in [0.4, 0.5) is 10.9 Å². The van der Waals surface area contributed by atoms with E-state index in [1.807, 2.05) is 19.9 Å². The van der Waals surface area contributed by atoms with Gasteiger partial charge in [0.15, 0.2) is 5.13 Å². The van der Waals surface area contributed by atoms with Gasteiger partial charge in [0, 0.05) is 25.7 Å². The Morgan fingerprint density at radius 1 is 1.60 bits per heavy atom. The van der Waals surface area contributed by atoms with Crippen LogP contribution in [0, 0.1) is 0 Å². The van der Waals surface area contributed by atoms with Gasteiger partial charge in [-0.15, -0.1) is 0 Å². The summed E-state index contributed by atoms with van der Waals surface area (Å²) in [6.07, 6.45) is 2.90. The Morgan fingerprint density at radius 2 is 2.35 bits per heavy atom. The van der Waals surface area contributed by atoms with Crippen molar-refractivity contribution < 1.29 is 4.79 Å². The average molecular weight is 295 g/mol. The molecule has 6 nitrogen and oxygen atoms in total. The van der Waals surface area contributed by atoms with E-state index in [1.54, 1.807) is 0 Å². The van der Waals surface area contributed by atoms with Crippen LogP contribution in [-0.4, -0.2) is 36.6 Å². The Kier molecular flexibility index (Phi) is 4.61. The van der Waals surface area contributed by atoms with E-state index in [0.29, 0.717) is 17.2 Å². The molecule has 0 radical (unpaired) electrons. The summed E-state index contributed by atoms with van der Waals surface area (Å²) in [7, 11) is 0. The minimum Gasteiger partial charge on any atom is -0.382 e. The summed E-state index contributed by atoms with van der Waals surface area (Å²) >= 11 is 1.33. The molecule has 1 amide bonds. The fourth-order valence-corrected chi connectivity index (χ4v) is 2.94. The minimum absolute atomic E-state index is 0.174. The highest BCUT2D eigenvalue weighted by atomic mass is 32.1. The van der Waals surface area contributed by atoms with Crippen LogP contribution in [-0.2, 0) is 0 Å². The van der Waals surface area contributed by atoms with E-state index < -0.39 is 0 Å². The van der Waals surface area contributed by atoms with Crippen LogP contribution in [0.1, 0.15) is 29.9 Å². The number of nitrogens with zero attached hydrogens (tertiary/aromatic N) is 2. The van der Waals surface area contributed by atoms with E-state index in [9.17, 15) is 4.79 Å². The lowest BCUT2D eigenvalue weighted by atomic mass is 10.3. The minimum atomic E-state index is -0.174. The molecule has 110 valence electrons. The topological polar surface area (TPSA) is 97.3 Å². The lowest BCUT2D eigenvalue weighted by Crippen LogP contribution is -2.26. The van der Waals surface area contributed by atoms with Gasteiger partial charge >= 0.3 is 0 Å². The lowest BCUT2D eigenvalue weighted by Gasteiger charge is -2.12. The highest BCUT2D eigenvalue weighted by molar-refractivity contribution is 7.18. The van der Waals surface area contributed by atoms with E-state index in [-0.39, 0.29) is 11.9 Å². The van der Waals surface area contributed by atoms with Gasteiger partial charge in [0.1, 0.15) is 10.7 Å². The smallest absolute Gasteiger partial charge is 0.265 e. The second kappa shape index (κ2) is 6.23. The molecule has 0 spiro atoms. The normalized spacial score (nSPS) is 18.1. The first-order valence-electron chi connectivity index (χ1n) is 6.65. The third-order valence-electron chi connectivity index (χ3n) is 3.12. The number of nitrogens with two attached hydrogens (primary N) is 2. The molecule has 1 unspecified atom stereocenters. The highest BCUT2D eigenvalue weighted by Crippen LogP contribution is 2.30. The predicted octanol–water partition coefficient (Wildman–Crippen LogP) is 0.959. The standard InChI is InChI=1S/C13H21N5OS/c1-8(2)3-5-16-12(19)10-11(15)17-13(20-10)18-6-4-9(14)7-18/h3,9H,4-7,14-15H2,1-2H3,(H,16,19). The largest absolute Gasteiger partial charge is 0.382 e. The number of hydrogen-bond acceptors (Lipinski definition) is 6. The number of hydrogen-bond donors (Lipinski definition) is 3. The molecule has 1 atom stereocenters. The molecule has 1 aromatic heterocycles. The van der Waals surface area contributed by atoms with Crippen molar-refractivity contribution in [3.8, 4) is 0 Å². The summed E-state index contributed by atoms with van der Waals surface area (Å²) in [5.41, 5.74) is 12.9. The number of thiazole rings is 1. The van der Waals surface area contributed by atoms with Gasteiger partial charge in [0.05, 0.1) is 0 Å². The molecule has 5 N–H and O–H groups in total. The third-order valence-corrected chi connectivity index (χ3v) is 4.25. The molecular formula is C13H21N5OS. The summed E-state index contributed by atoms with van der Waals surface area (Å²) in [5, 5.41) is 3.60. The highest BCUT2D eigenvalue weighted by Gasteiger charge is 2.24. The van der Waals surface area contributed by atoms with Crippen molar-refractivity contribution in [3.63, 3.8) is 0 Å². The number of rotatable bonds is 4. The third kappa shape index (κ3) is 3.49. The van der Waals surface area contributed by atoms with Crippen molar-refractivity contribution in [1.82, 2.24) is 10.3 Å². The van der Waals surface area contributed by atoms with Crippen LogP contribution in [0.25, 0.3) is 0 Å². The molecule has 2 rings (SSSR count). The average Bonchev–Trinajstić information content (AvgIpc) is 2.95. The molecule has 0 saturated carbocycles. The van der Waals surface area contributed by atoms with Crippen LogP contribution in [0.3, 0.4) is 0 Å². The first-order valence-corrected chi connectivity index (χ1v) is 7.47. The van der Waals surface area contributed by atoms with Crippen LogP contribution in [0.5, 0.6) is 0 Å². The van der Waals surface area contributed by atoms with Crippen LogP contribution in [0.2, 0.25) is 0 Å². The first kappa shape index (κ1) is 14.8. The zero-order valence-electron chi connectivity index (χ0n) is 11.8. The van der Waals surface area contributed by atoms with Gasteiger partial charge in [-0.2, -0.15) is 0 Å². The maximum Gasteiger partial charge on any atom is 0.265 e. The summed E-state index contributed by atoms with van der Waals surface area (Å²) in [5.74, 6) is 0.118. The Labute approximate surface area is 122 Å². The van der Waals surface area contributed by atoms with Gasteiger partial charge in [0.2, 0.25) is 0 Å². The van der Waals surface area contributed by atoms with Gasteiger partial charge in [-0.05, 0) is 20.3 Å².